The van der Waals surface area contributed by atoms with Crippen molar-refractivity contribution in [2.45, 2.75) is 46.0 Å². The number of esters is 1. The summed E-state index contributed by atoms with van der Waals surface area (Å²) in [6, 6.07) is 6.28. The molecule has 5 nitrogen and oxygen atoms in total. The van der Waals surface area contributed by atoms with Crippen LogP contribution in [0.1, 0.15) is 44.2 Å². The zero-order valence-corrected chi connectivity index (χ0v) is 16.6. The lowest BCUT2D eigenvalue weighted by Gasteiger charge is -2.14. The van der Waals surface area contributed by atoms with Crippen LogP contribution < -0.4 is 11.1 Å². The minimum absolute atomic E-state index is 0. The van der Waals surface area contributed by atoms with Gasteiger partial charge in [0.15, 0.2) is 5.96 Å². The molecule has 0 unspecified atom stereocenters. The maximum Gasteiger partial charge on any atom is 0.305 e. The van der Waals surface area contributed by atoms with Gasteiger partial charge < -0.3 is 15.8 Å². The van der Waals surface area contributed by atoms with Gasteiger partial charge in [-0.25, -0.2) is 0 Å². The second kappa shape index (κ2) is 12.2. The minimum Gasteiger partial charge on any atom is -0.469 e. The van der Waals surface area contributed by atoms with Gasteiger partial charge in [0.05, 0.1) is 7.11 Å². The monoisotopic (exact) mass is 433 g/mol. The molecule has 6 heteroatoms. The fourth-order valence-electron chi connectivity index (χ4n) is 2.25. The molecular formula is C17H28IN3O2. The maximum absolute atomic E-state index is 11.0. The van der Waals surface area contributed by atoms with Gasteiger partial charge in [-0.15, -0.1) is 24.0 Å². The Bertz CT molecular complexity index is 496. The van der Waals surface area contributed by atoms with E-state index in [9.17, 15) is 4.79 Å². The Labute approximate surface area is 156 Å². The molecule has 23 heavy (non-hydrogen) atoms. The molecule has 3 N–H and O–H groups in total. The van der Waals surface area contributed by atoms with Gasteiger partial charge in [0.2, 0.25) is 0 Å². The van der Waals surface area contributed by atoms with Crippen molar-refractivity contribution >= 4 is 41.6 Å². The molecule has 0 aliphatic heterocycles. The van der Waals surface area contributed by atoms with Gasteiger partial charge in [-0.3, -0.25) is 9.79 Å². The van der Waals surface area contributed by atoms with Crippen LogP contribution in [0, 0.1) is 0 Å². The van der Waals surface area contributed by atoms with E-state index in [-0.39, 0.29) is 29.9 Å². The number of nitrogens with two attached hydrogens (primary N) is 1. The first-order valence-corrected chi connectivity index (χ1v) is 7.86. The SMILES string of the molecule is CCc1cccc(CC)c1NC(N)=NCCCCC(=O)OC.I. The number of benzene rings is 1. The Balaban J connectivity index is 0.00000484. The van der Waals surface area contributed by atoms with Gasteiger partial charge in [-0.1, -0.05) is 32.0 Å². The summed E-state index contributed by atoms with van der Waals surface area (Å²) < 4.78 is 4.60. The number of halogens is 1. The number of rotatable bonds is 8. The highest BCUT2D eigenvalue weighted by molar-refractivity contribution is 14.0. The predicted molar refractivity (Wildman–Crippen MR) is 107 cm³/mol. The predicted octanol–water partition coefficient (Wildman–Crippen LogP) is 3.50. The van der Waals surface area contributed by atoms with Crippen molar-refractivity contribution in [1.82, 2.24) is 0 Å². The lowest BCUT2D eigenvalue weighted by Crippen LogP contribution is -2.24. The van der Waals surface area contributed by atoms with E-state index in [0.717, 1.165) is 31.4 Å². The van der Waals surface area contributed by atoms with Gasteiger partial charge in [0.25, 0.3) is 0 Å². The summed E-state index contributed by atoms with van der Waals surface area (Å²) >= 11 is 0. The van der Waals surface area contributed by atoms with Crippen molar-refractivity contribution in [2.24, 2.45) is 10.7 Å². The van der Waals surface area contributed by atoms with E-state index in [2.05, 4.69) is 47.1 Å². The topological polar surface area (TPSA) is 76.7 Å². The highest BCUT2D eigenvalue weighted by atomic mass is 127. The average Bonchev–Trinajstić information content (AvgIpc) is 2.54. The number of methoxy groups -OCH3 is 1. The van der Waals surface area contributed by atoms with Crippen LogP contribution in [0.2, 0.25) is 0 Å². The first-order chi connectivity index (χ1) is 10.6. The molecular weight excluding hydrogens is 405 g/mol. The van der Waals surface area contributed by atoms with E-state index in [1.165, 1.54) is 18.2 Å². The number of para-hydroxylation sites is 1. The largest absolute Gasteiger partial charge is 0.469 e. The van der Waals surface area contributed by atoms with Gasteiger partial charge in [-0.2, -0.15) is 0 Å². The number of aliphatic imine (C=N–C) groups is 1. The third-order valence-electron chi connectivity index (χ3n) is 3.55. The molecule has 0 spiro atoms. The number of unbranched alkanes of at least 4 members (excludes halogenated alkanes) is 1. The number of anilines is 1. The highest BCUT2D eigenvalue weighted by Gasteiger charge is 2.07. The van der Waals surface area contributed by atoms with Crippen LogP contribution in [0.25, 0.3) is 0 Å². The van der Waals surface area contributed by atoms with Gasteiger partial charge in [0, 0.05) is 18.7 Å². The molecule has 0 aromatic heterocycles. The second-order valence-corrected chi connectivity index (χ2v) is 5.08. The number of ether oxygens (including phenoxy) is 1. The van der Waals surface area contributed by atoms with Crippen molar-refractivity contribution in [3.05, 3.63) is 29.3 Å². The summed E-state index contributed by atoms with van der Waals surface area (Å²) in [6.45, 7) is 4.85. The molecule has 0 aliphatic rings. The van der Waals surface area contributed by atoms with Crippen LogP contribution in [0.4, 0.5) is 5.69 Å². The van der Waals surface area contributed by atoms with Crippen LogP contribution in [0.5, 0.6) is 0 Å². The van der Waals surface area contributed by atoms with E-state index in [1.807, 2.05) is 0 Å². The zero-order valence-electron chi connectivity index (χ0n) is 14.2. The molecule has 0 bridgehead atoms. The summed E-state index contributed by atoms with van der Waals surface area (Å²) in [5.74, 6) is 0.244. The Morgan fingerprint density at radius 2 is 1.83 bits per heavy atom. The summed E-state index contributed by atoms with van der Waals surface area (Å²) in [6.07, 6.45) is 3.89. The number of hydrogen-bond acceptors (Lipinski definition) is 3. The van der Waals surface area contributed by atoms with E-state index in [0.29, 0.717) is 18.9 Å². The Kier molecular flexibility index (Phi) is 11.5. The lowest BCUT2D eigenvalue weighted by atomic mass is 10.0. The van der Waals surface area contributed by atoms with Crippen molar-refractivity contribution < 1.29 is 9.53 Å². The fraction of sp³-hybridized carbons (Fsp3) is 0.529. The first-order valence-electron chi connectivity index (χ1n) is 7.86. The lowest BCUT2D eigenvalue weighted by molar-refractivity contribution is -0.140. The molecule has 0 atom stereocenters. The van der Waals surface area contributed by atoms with Crippen molar-refractivity contribution in [3.8, 4) is 0 Å². The number of hydrogen-bond donors (Lipinski definition) is 2. The fourth-order valence-corrected chi connectivity index (χ4v) is 2.25. The molecule has 0 aliphatic carbocycles. The Morgan fingerprint density at radius 3 is 2.35 bits per heavy atom. The van der Waals surface area contributed by atoms with Crippen LogP contribution in [0.3, 0.4) is 0 Å². The Hall–Kier alpha value is -1.31. The van der Waals surface area contributed by atoms with E-state index >= 15 is 0 Å². The van der Waals surface area contributed by atoms with Gasteiger partial charge >= 0.3 is 5.97 Å². The van der Waals surface area contributed by atoms with Crippen molar-refractivity contribution in [2.75, 3.05) is 19.0 Å². The quantitative estimate of drug-likeness (QED) is 0.216. The van der Waals surface area contributed by atoms with Gasteiger partial charge in [-0.05, 0) is 36.8 Å². The molecule has 0 saturated carbocycles. The number of aryl methyl sites for hydroxylation is 2. The third-order valence-corrected chi connectivity index (χ3v) is 3.55. The number of nitrogens with zero attached hydrogens (tertiary/aromatic N) is 1. The van der Waals surface area contributed by atoms with Crippen molar-refractivity contribution in [1.29, 1.82) is 0 Å². The number of nitrogens with one attached hydrogen (secondary N) is 1. The molecule has 0 fully saturated rings. The number of guanidine groups is 1. The molecule has 0 amide bonds. The standard InChI is InChI=1S/C17H27N3O2.HI/c1-4-13-9-8-10-14(5-2)16(13)20-17(18)19-12-7-6-11-15(21)22-3;/h8-10H,4-7,11-12H2,1-3H3,(H3,18,19,20);1H. The average molecular weight is 433 g/mol. The summed E-state index contributed by atoms with van der Waals surface area (Å²) in [7, 11) is 1.40. The van der Waals surface area contributed by atoms with E-state index < -0.39 is 0 Å². The summed E-state index contributed by atoms with van der Waals surface area (Å²) in [5.41, 5.74) is 9.52. The molecule has 1 aromatic rings. The molecule has 0 heterocycles. The molecule has 1 aromatic carbocycles. The molecule has 1 rings (SSSR count). The second-order valence-electron chi connectivity index (χ2n) is 5.08. The maximum atomic E-state index is 11.0. The van der Waals surface area contributed by atoms with Crippen LogP contribution in [-0.4, -0.2) is 25.6 Å². The Morgan fingerprint density at radius 1 is 1.22 bits per heavy atom. The molecule has 0 radical (unpaired) electrons. The summed E-state index contributed by atoms with van der Waals surface area (Å²) in [4.78, 5) is 15.3. The molecule has 0 saturated heterocycles. The van der Waals surface area contributed by atoms with E-state index in [1.54, 1.807) is 0 Å². The number of carbonyl (C=O) groups excluding carboxylic acids is 1. The smallest absolute Gasteiger partial charge is 0.305 e. The van der Waals surface area contributed by atoms with Crippen LogP contribution in [0.15, 0.2) is 23.2 Å². The van der Waals surface area contributed by atoms with Crippen molar-refractivity contribution in [3.63, 3.8) is 0 Å². The minimum atomic E-state index is -0.181. The molecule has 130 valence electrons. The summed E-state index contributed by atoms with van der Waals surface area (Å²) in [5, 5.41) is 3.23. The van der Waals surface area contributed by atoms with Crippen LogP contribution in [-0.2, 0) is 22.4 Å². The normalized spacial score (nSPS) is 10.8. The van der Waals surface area contributed by atoms with E-state index in [4.69, 9.17) is 5.73 Å². The van der Waals surface area contributed by atoms with Gasteiger partial charge in [0.1, 0.15) is 0 Å². The first kappa shape index (κ1) is 21.7. The number of carbonyl (C=O) groups is 1. The third kappa shape index (κ3) is 7.67. The zero-order chi connectivity index (χ0) is 16.4. The van der Waals surface area contributed by atoms with Crippen LogP contribution >= 0.6 is 24.0 Å². The highest BCUT2D eigenvalue weighted by Crippen LogP contribution is 2.22.